The summed E-state index contributed by atoms with van der Waals surface area (Å²) in [6.07, 6.45) is 3.78. The number of benzene rings is 1. The molecule has 3 nitrogen and oxygen atoms in total. The van der Waals surface area contributed by atoms with E-state index in [1.807, 2.05) is 0 Å². The van der Waals surface area contributed by atoms with Gasteiger partial charge < -0.3 is 14.6 Å². The van der Waals surface area contributed by atoms with Crippen LogP contribution in [-0.4, -0.2) is 30.5 Å². The molecule has 0 heterocycles. The van der Waals surface area contributed by atoms with Gasteiger partial charge in [-0.3, -0.25) is 0 Å². The van der Waals surface area contributed by atoms with Crippen LogP contribution < -0.4 is 0 Å². The maximum absolute atomic E-state index is 9.60. The van der Waals surface area contributed by atoms with Crippen molar-refractivity contribution in [3.8, 4) is 0 Å². The molecule has 0 radical (unpaired) electrons. The molecule has 3 rings (SSSR count). The van der Waals surface area contributed by atoms with Gasteiger partial charge in [0, 0.05) is 13.5 Å². The maximum atomic E-state index is 9.60. The minimum atomic E-state index is -0.362. The maximum Gasteiger partial charge on any atom is 0.109 e. The molecule has 0 bridgehead atoms. The zero-order valence-corrected chi connectivity index (χ0v) is 10.7. The van der Waals surface area contributed by atoms with Gasteiger partial charge in [0.15, 0.2) is 0 Å². The number of aliphatic hydroxyl groups is 1. The quantitative estimate of drug-likeness (QED) is 0.891. The molecule has 1 saturated carbocycles. The Morgan fingerprint density at radius 1 is 1.28 bits per heavy atom. The summed E-state index contributed by atoms with van der Waals surface area (Å²) in [4.78, 5) is 0. The molecule has 4 atom stereocenters. The van der Waals surface area contributed by atoms with E-state index in [2.05, 4.69) is 24.3 Å². The Labute approximate surface area is 108 Å². The predicted molar refractivity (Wildman–Crippen MR) is 68.4 cm³/mol. The molecule has 2 aliphatic carbocycles. The van der Waals surface area contributed by atoms with Crippen molar-refractivity contribution in [3.05, 3.63) is 35.4 Å². The molecule has 1 fully saturated rings. The molecule has 0 aromatic heterocycles. The van der Waals surface area contributed by atoms with E-state index < -0.39 is 0 Å². The first-order chi connectivity index (χ1) is 8.79. The average Bonchev–Trinajstić information content (AvgIpc) is 2.39. The Kier molecular flexibility index (Phi) is 3.37. The van der Waals surface area contributed by atoms with Gasteiger partial charge >= 0.3 is 0 Å². The van der Waals surface area contributed by atoms with Crippen LogP contribution in [0.3, 0.4) is 0 Å². The van der Waals surface area contributed by atoms with Crippen LogP contribution in [0, 0.1) is 0 Å². The summed E-state index contributed by atoms with van der Waals surface area (Å²) < 4.78 is 11.4. The summed E-state index contributed by atoms with van der Waals surface area (Å²) in [5, 5.41) is 9.60. The molecular weight excluding hydrogens is 228 g/mol. The van der Waals surface area contributed by atoms with Crippen molar-refractivity contribution >= 4 is 0 Å². The van der Waals surface area contributed by atoms with Crippen LogP contribution >= 0.6 is 0 Å². The van der Waals surface area contributed by atoms with Crippen molar-refractivity contribution < 1.29 is 14.6 Å². The first-order valence-electron chi connectivity index (χ1n) is 6.73. The molecule has 1 N–H and O–H groups in total. The molecule has 2 aliphatic rings. The summed E-state index contributed by atoms with van der Waals surface area (Å²) in [7, 11) is 1.64. The summed E-state index contributed by atoms with van der Waals surface area (Å²) >= 11 is 0. The van der Waals surface area contributed by atoms with Crippen LogP contribution in [0.1, 0.15) is 36.5 Å². The third-order valence-electron chi connectivity index (χ3n) is 4.15. The highest BCUT2D eigenvalue weighted by atomic mass is 16.6. The van der Waals surface area contributed by atoms with Crippen LogP contribution in [-0.2, 0) is 15.9 Å². The fourth-order valence-electron chi connectivity index (χ4n) is 3.06. The highest BCUT2D eigenvalue weighted by molar-refractivity contribution is 5.31. The number of ether oxygens (including phenoxy) is 2. The third-order valence-corrected chi connectivity index (χ3v) is 4.15. The van der Waals surface area contributed by atoms with Crippen molar-refractivity contribution in [1.82, 2.24) is 0 Å². The lowest BCUT2D eigenvalue weighted by molar-refractivity contribution is -0.201. The van der Waals surface area contributed by atoms with Gasteiger partial charge in [-0.25, -0.2) is 0 Å². The molecule has 0 saturated heterocycles. The summed E-state index contributed by atoms with van der Waals surface area (Å²) in [5.74, 6) is 0. The molecule has 0 aliphatic heterocycles. The predicted octanol–water partition coefficient (Wildman–Crippen LogP) is 2.23. The van der Waals surface area contributed by atoms with E-state index in [-0.39, 0.29) is 24.4 Å². The topological polar surface area (TPSA) is 38.7 Å². The Morgan fingerprint density at radius 3 is 2.89 bits per heavy atom. The van der Waals surface area contributed by atoms with E-state index in [1.165, 1.54) is 17.5 Å². The SMILES string of the molecule is COC1C(O)CC1OC1CCCc2ccccc21. The average molecular weight is 248 g/mol. The lowest BCUT2D eigenvalue weighted by atomic mass is 9.85. The molecule has 1 aromatic carbocycles. The lowest BCUT2D eigenvalue weighted by Crippen LogP contribution is -2.53. The first kappa shape index (κ1) is 12.2. The second-order valence-electron chi connectivity index (χ2n) is 5.26. The van der Waals surface area contributed by atoms with Gasteiger partial charge in [0.2, 0.25) is 0 Å². The number of fused-ring (bicyclic) bond motifs is 1. The highest BCUT2D eigenvalue weighted by Gasteiger charge is 2.42. The fourth-order valence-corrected chi connectivity index (χ4v) is 3.06. The number of hydrogen-bond acceptors (Lipinski definition) is 3. The number of aliphatic hydroxyl groups excluding tert-OH is 1. The molecule has 98 valence electrons. The molecule has 18 heavy (non-hydrogen) atoms. The van der Waals surface area contributed by atoms with E-state index in [1.54, 1.807) is 7.11 Å². The summed E-state index contributed by atoms with van der Waals surface area (Å²) in [5.41, 5.74) is 2.72. The number of hydrogen-bond donors (Lipinski definition) is 1. The van der Waals surface area contributed by atoms with Gasteiger partial charge in [0.1, 0.15) is 6.10 Å². The van der Waals surface area contributed by atoms with E-state index in [9.17, 15) is 5.11 Å². The van der Waals surface area contributed by atoms with Crippen LogP contribution in [0.25, 0.3) is 0 Å². The minimum absolute atomic E-state index is 0.0427. The van der Waals surface area contributed by atoms with Crippen molar-refractivity contribution in [1.29, 1.82) is 0 Å². The van der Waals surface area contributed by atoms with Crippen molar-refractivity contribution in [2.24, 2.45) is 0 Å². The van der Waals surface area contributed by atoms with Gasteiger partial charge in [0.05, 0.1) is 18.3 Å². The van der Waals surface area contributed by atoms with E-state index in [0.717, 1.165) is 12.8 Å². The minimum Gasteiger partial charge on any atom is -0.390 e. The zero-order chi connectivity index (χ0) is 12.5. The molecule has 0 spiro atoms. The highest BCUT2D eigenvalue weighted by Crippen LogP contribution is 2.37. The third kappa shape index (κ3) is 2.07. The lowest BCUT2D eigenvalue weighted by Gasteiger charge is -2.42. The second kappa shape index (κ2) is 5.00. The normalized spacial score (nSPS) is 34.8. The Bertz CT molecular complexity index is 418. The van der Waals surface area contributed by atoms with Gasteiger partial charge in [-0.05, 0) is 30.4 Å². The monoisotopic (exact) mass is 248 g/mol. The van der Waals surface area contributed by atoms with E-state index in [0.29, 0.717) is 6.42 Å². The van der Waals surface area contributed by atoms with E-state index >= 15 is 0 Å². The van der Waals surface area contributed by atoms with Gasteiger partial charge in [0.25, 0.3) is 0 Å². The second-order valence-corrected chi connectivity index (χ2v) is 5.26. The van der Waals surface area contributed by atoms with Crippen molar-refractivity contribution in [2.75, 3.05) is 7.11 Å². The van der Waals surface area contributed by atoms with Crippen LogP contribution in [0.4, 0.5) is 0 Å². The fraction of sp³-hybridized carbons (Fsp3) is 0.600. The standard InChI is InChI=1S/C15H20O3/c1-17-15-12(16)9-14(15)18-13-8-4-6-10-5-2-3-7-11(10)13/h2-3,5,7,12-16H,4,6,8-9H2,1H3. The van der Waals surface area contributed by atoms with Crippen molar-refractivity contribution in [3.63, 3.8) is 0 Å². The number of rotatable bonds is 3. The molecule has 1 aromatic rings. The van der Waals surface area contributed by atoms with E-state index in [4.69, 9.17) is 9.47 Å². The Hall–Kier alpha value is -0.900. The number of aryl methyl sites for hydroxylation is 1. The van der Waals surface area contributed by atoms with Crippen LogP contribution in [0.15, 0.2) is 24.3 Å². The van der Waals surface area contributed by atoms with Gasteiger partial charge in [-0.2, -0.15) is 0 Å². The van der Waals surface area contributed by atoms with Gasteiger partial charge in [-0.1, -0.05) is 24.3 Å². The molecule has 4 unspecified atom stereocenters. The Balaban J connectivity index is 1.71. The number of methoxy groups -OCH3 is 1. The zero-order valence-electron chi connectivity index (χ0n) is 10.7. The molecule has 0 amide bonds. The summed E-state index contributed by atoms with van der Waals surface area (Å²) in [6.45, 7) is 0. The van der Waals surface area contributed by atoms with Gasteiger partial charge in [-0.15, -0.1) is 0 Å². The van der Waals surface area contributed by atoms with Crippen LogP contribution in [0.5, 0.6) is 0 Å². The largest absolute Gasteiger partial charge is 0.390 e. The van der Waals surface area contributed by atoms with Crippen LogP contribution in [0.2, 0.25) is 0 Å². The summed E-state index contributed by atoms with van der Waals surface area (Å²) in [6, 6.07) is 8.51. The Morgan fingerprint density at radius 2 is 2.11 bits per heavy atom. The molecule has 3 heteroatoms. The van der Waals surface area contributed by atoms with Crippen molar-refractivity contribution in [2.45, 2.75) is 50.1 Å². The first-order valence-corrected chi connectivity index (χ1v) is 6.73. The molecular formula is C15H20O3. The smallest absolute Gasteiger partial charge is 0.109 e.